The SMILES string of the molecule is O=C1NCCCC[C@H]1N(Cc1c(F)c(F)c(F)c(F)c1F)S(=O)(=O)c1ccc(Cl)cc1. The zero-order valence-corrected chi connectivity index (χ0v) is 17.3. The summed E-state index contributed by atoms with van der Waals surface area (Å²) in [5.41, 5.74) is -1.36. The fraction of sp³-hybridized carbons (Fsp3) is 0.316. The molecule has 1 N–H and O–H groups in total. The Morgan fingerprint density at radius 2 is 1.48 bits per heavy atom. The summed E-state index contributed by atoms with van der Waals surface area (Å²) in [4.78, 5) is 12.1. The minimum atomic E-state index is -4.59. The van der Waals surface area contributed by atoms with E-state index in [0.717, 1.165) is 12.1 Å². The summed E-state index contributed by atoms with van der Waals surface area (Å²) in [6.45, 7) is -0.985. The molecule has 12 heteroatoms. The summed E-state index contributed by atoms with van der Waals surface area (Å²) >= 11 is 5.77. The van der Waals surface area contributed by atoms with Gasteiger partial charge in [0.2, 0.25) is 21.7 Å². The van der Waals surface area contributed by atoms with Crippen molar-refractivity contribution < 1.29 is 35.2 Å². The Labute approximate surface area is 179 Å². The number of nitrogens with one attached hydrogen (secondary N) is 1. The van der Waals surface area contributed by atoms with Crippen LogP contribution in [0.5, 0.6) is 0 Å². The Bertz CT molecular complexity index is 1080. The fourth-order valence-corrected chi connectivity index (χ4v) is 4.96. The first-order valence-corrected chi connectivity index (χ1v) is 10.9. The van der Waals surface area contributed by atoms with Gasteiger partial charge in [0.15, 0.2) is 23.3 Å². The molecule has 31 heavy (non-hydrogen) atoms. The molecule has 0 bridgehead atoms. The molecule has 0 spiro atoms. The van der Waals surface area contributed by atoms with Crippen molar-refractivity contribution in [2.24, 2.45) is 0 Å². The zero-order valence-electron chi connectivity index (χ0n) is 15.8. The summed E-state index contributed by atoms with van der Waals surface area (Å²) in [7, 11) is -4.59. The van der Waals surface area contributed by atoms with Gasteiger partial charge >= 0.3 is 0 Å². The van der Waals surface area contributed by atoms with E-state index in [1.807, 2.05) is 0 Å². The highest BCUT2D eigenvalue weighted by atomic mass is 35.5. The van der Waals surface area contributed by atoms with Crippen molar-refractivity contribution in [3.8, 4) is 0 Å². The molecule has 0 unspecified atom stereocenters. The van der Waals surface area contributed by atoms with Crippen LogP contribution in [0.3, 0.4) is 0 Å². The Kier molecular flexibility index (Phi) is 6.87. The van der Waals surface area contributed by atoms with E-state index in [-0.39, 0.29) is 22.9 Å². The van der Waals surface area contributed by atoms with Crippen LogP contribution < -0.4 is 5.32 Å². The average Bonchev–Trinajstić information content (AvgIpc) is 2.95. The molecular formula is C19H16ClF5N2O3S. The van der Waals surface area contributed by atoms with Gasteiger partial charge < -0.3 is 5.32 Å². The summed E-state index contributed by atoms with van der Waals surface area (Å²) in [6, 6.07) is 3.30. The number of hydrogen-bond acceptors (Lipinski definition) is 3. The highest BCUT2D eigenvalue weighted by molar-refractivity contribution is 7.89. The fourth-order valence-electron chi connectivity index (χ4n) is 3.25. The predicted molar refractivity (Wildman–Crippen MR) is 101 cm³/mol. The van der Waals surface area contributed by atoms with Crippen LogP contribution >= 0.6 is 11.6 Å². The molecule has 2 aromatic rings. The third-order valence-electron chi connectivity index (χ3n) is 4.89. The molecule has 1 amide bonds. The monoisotopic (exact) mass is 482 g/mol. The van der Waals surface area contributed by atoms with Crippen LogP contribution in [0, 0.1) is 29.1 Å². The molecule has 2 aromatic carbocycles. The number of hydrogen-bond donors (Lipinski definition) is 1. The summed E-state index contributed by atoms with van der Waals surface area (Å²) in [5, 5.41) is 2.70. The number of benzene rings is 2. The maximum absolute atomic E-state index is 14.3. The molecule has 0 radical (unpaired) electrons. The van der Waals surface area contributed by atoms with Gasteiger partial charge in [-0.1, -0.05) is 11.6 Å². The van der Waals surface area contributed by atoms with E-state index in [4.69, 9.17) is 11.6 Å². The summed E-state index contributed by atoms with van der Waals surface area (Å²) < 4.78 is 96.3. The normalized spacial score (nSPS) is 17.5. The number of carbonyl (C=O) groups excluding carboxylic acids is 1. The van der Waals surface area contributed by atoms with Crippen molar-refractivity contribution in [3.63, 3.8) is 0 Å². The molecule has 0 aromatic heterocycles. The van der Waals surface area contributed by atoms with Crippen molar-refractivity contribution >= 4 is 27.5 Å². The number of nitrogens with zero attached hydrogens (tertiary/aromatic N) is 1. The number of rotatable bonds is 5. The predicted octanol–water partition coefficient (Wildman–Crippen LogP) is 3.90. The average molecular weight is 483 g/mol. The quantitative estimate of drug-likeness (QED) is 0.399. The second kappa shape index (κ2) is 9.09. The second-order valence-corrected chi connectivity index (χ2v) is 9.18. The summed E-state index contributed by atoms with van der Waals surface area (Å²) in [6.07, 6.45) is 0.917. The van der Waals surface area contributed by atoms with Crippen LogP contribution in [0.25, 0.3) is 0 Å². The molecule has 3 rings (SSSR count). The van der Waals surface area contributed by atoms with Gasteiger partial charge in [0.1, 0.15) is 6.04 Å². The topological polar surface area (TPSA) is 66.5 Å². The third kappa shape index (κ3) is 4.53. The Hall–Kier alpha value is -2.24. The van der Waals surface area contributed by atoms with Gasteiger partial charge in [-0.15, -0.1) is 0 Å². The van der Waals surface area contributed by atoms with Gasteiger partial charge in [0.05, 0.1) is 4.90 Å². The van der Waals surface area contributed by atoms with Crippen LogP contribution in [-0.2, 0) is 21.4 Å². The van der Waals surface area contributed by atoms with Crippen LogP contribution in [0.1, 0.15) is 24.8 Å². The van der Waals surface area contributed by atoms with Gasteiger partial charge in [-0.3, -0.25) is 4.79 Å². The largest absolute Gasteiger partial charge is 0.355 e. The first-order valence-electron chi connectivity index (χ1n) is 9.11. The molecule has 168 valence electrons. The minimum Gasteiger partial charge on any atom is -0.355 e. The van der Waals surface area contributed by atoms with Crippen LogP contribution in [0.15, 0.2) is 29.2 Å². The van der Waals surface area contributed by atoms with E-state index >= 15 is 0 Å². The first kappa shape index (κ1) is 23.4. The number of halogens is 6. The summed E-state index contributed by atoms with van der Waals surface area (Å²) in [5.74, 6) is -11.8. The Morgan fingerprint density at radius 3 is 2.06 bits per heavy atom. The lowest BCUT2D eigenvalue weighted by Gasteiger charge is -2.29. The molecule has 1 atom stereocenters. The first-order chi connectivity index (χ1) is 14.6. The maximum Gasteiger partial charge on any atom is 0.244 e. The number of carbonyl (C=O) groups is 1. The highest BCUT2D eigenvalue weighted by Crippen LogP contribution is 2.30. The molecule has 1 heterocycles. The molecule has 5 nitrogen and oxygen atoms in total. The zero-order chi connectivity index (χ0) is 22.9. The number of sulfonamides is 1. The number of amides is 1. The smallest absolute Gasteiger partial charge is 0.244 e. The molecule has 1 fully saturated rings. The lowest BCUT2D eigenvalue weighted by molar-refractivity contribution is -0.124. The Balaban J connectivity index is 2.16. The maximum atomic E-state index is 14.3. The van der Waals surface area contributed by atoms with Crippen molar-refractivity contribution in [1.82, 2.24) is 9.62 Å². The van der Waals surface area contributed by atoms with Crippen molar-refractivity contribution in [2.45, 2.75) is 36.7 Å². The standard InChI is InChI=1S/C19H16ClF5N2O3S/c20-10-4-6-11(7-5-10)31(29,30)27(13-3-1-2-8-26-19(13)28)9-12-14(21)16(23)18(25)17(24)15(12)22/h4-7,13H,1-3,8-9H2,(H,26,28)/t13-/m1/s1. The molecule has 1 aliphatic heterocycles. The van der Waals surface area contributed by atoms with Crippen LogP contribution in [0.4, 0.5) is 22.0 Å². The lowest BCUT2D eigenvalue weighted by Crippen LogP contribution is -2.48. The van der Waals surface area contributed by atoms with Crippen LogP contribution in [0.2, 0.25) is 5.02 Å². The molecule has 0 saturated carbocycles. The van der Waals surface area contributed by atoms with E-state index in [1.165, 1.54) is 12.1 Å². The van der Waals surface area contributed by atoms with E-state index in [2.05, 4.69) is 5.32 Å². The van der Waals surface area contributed by atoms with Gasteiger partial charge in [0, 0.05) is 23.7 Å². The lowest BCUT2D eigenvalue weighted by atomic mass is 10.1. The van der Waals surface area contributed by atoms with E-state index in [0.29, 0.717) is 17.1 Å². The van der Waals surface area contributed by atoms with E-state index < -0.39 is 63.2 Å². The van der Waals surface area contributed by atoms with Gasteiger partial charge in [-0.2, -0.15) is 4.31 Å². The van der Waals surface area contributed by atoms with Crippen molar-refractivity contribution in [2.75, 3.05) is 6.54 Å². The van der Waals surface area contributed by atoms with Gasteiger partial charge in [-0.05, 0) is 43.5 Å². The van der Waals surface area contributed by atoms with Crippen molar-refractivity contribution in [3.05, 3.63) is 63.9 Å². The van der Waals surface area contributed by atoms with E-state index in [9.17, 15) is 35.2 Å². The van der Waals surface area contributed by atoms with Gasteiger partial charge in [0.25, 0.3) is 0 Å². The van der Waals surface area contributed by atoms with Crippen molar-refractivity contribution in [1.29, 1.82) is 0 Å². The molecule has 1 saturated heterocycles. The highest BCUT2D eigenvalue weighted by Gasteiger charge is 2.39. The third-order valence-corrected chi connectivity index (χ3v) is 7.01. The van der Waals surface area contributed by atoms with Gasteiger partial charge in [-0.25, -0.2) is 30.4 Å². The van der Waals surface area contributed by atoms with Crippen LogP contribution in [-0.4, -0.2) is 31.2 Å². The molecular weight excluding hydrogens is 467 g/mol. The van der Waals surface area contributed by atoms with E-state index in [1.54, 1.807) is 0 Å². The molecule has 1 aliphatic rings. The minimum absolute atomic E-state index is 0.00590. The molecule has 0 aliphatic carbocycles. The Morgan fingerprint density at radius 1 is 0.935 bits per heavy atom. The second-order valence-electron chi connectivity index (χ2n) is 6.86.